The van der Waals surface area contributed by atoms with Crippen LogP contribution in [0.5, 0.6) is 0 Å². The molecule has 0 rings (SSSR count). The van der Waals surface area contributed by atoms with Crippen molar-refractivity contribution in [2.75, 3.05) is 0 Å². The first-order valence-electron chi connectivity index (χ1n) is 5.06. The third kappa shape index (κ3) is 6.23. The van der Waals surface area contributed by atoms with E-state index in [1.165, 1.54) is 0 Å². The van der Waals surface area contributed by atoms with Crippen LogP contribution in [0.4, 0.5) is 0 Å². The van der Waals surface area contributed by atoms with Crippen molar-refractivity contribution in [1.29, 1.82) is 0 Å². The molecule has 5 heteroatoms. The van der Waals surface area contributed by atoms with Crippen molar-refractivity contribution in [3.8, 4) is 0 Å². The first kappa shape index (κ1) is 18.8. The van der Waals surface area contributed by atoms with Crippen molar-refractivity contribution < 1.29 is 19.8 Å². The molecule has 0 saturated heterocycles. The molecule has 0 aliphatic carbocycles. The van der Waals surface area contributed by atoms with Gasteiger partial charge in [0.2, 0.25) is 0 Å². The Morgan fingerprint density at radius 2 is 1.12 bits per heavy atom. The van der Waals surface area contributed by atoms with Gasteiger partial charge >= 0.3 is 57.4 Å². The minimum atomic E-state index is -0.837. The molecule has 0 aliphatic heterocycles. The molecule has 0 heterocycles. The number of hydrogen-bond donors (Lipinski definition) is 2. The van der Waals surface area contributed by atoms with Crippen LogP contribution >= 0.6 is 0 Å². The van der Waals surface area contributed by atoms with Gasteiger partial charge in [-0.15, -0.1) is 0 Å². The van der Waals surface area contributed by atoms with Crippen LogP contribution in [0.3, 0.4) is 0 Å². The summed E-state index contributed by atoms with van der Waals surface area (Å²) in [6.45, 7) is 6.62. The zero-order chi connectivity index (χ0) is 12.3. The summed E-state index contributed by atoms with van der Waals surface area (Å²) in [5.41, 5.74) is -1.54. The number of hydrogen-bond acceptors (Lipinski definition) is 2. The van der Waals surface area contributed by atoms with Gasteiger partial charge in [-0.1, -0.05) is 6.42 Å². The zero-order valence-corrected chi connectivity index (χ0v) is 9.83. The summed E-state index contributed by atoms with van der Waals surface area (Å²) < 4.78 is 0. The Kier molecular flexibility index (Phi) is 8.20. The normalized spacial score (nSPS) is 11.8. The fourth-order valence-corrected chi connectivity index (χ4v) is 1.19. The Hall–Kier alpha value is 0.421. The molecule has 4 nitrogen and oxygen atoms in total. The van der Waals surface area contributed by atoms with Crippen molar-refractivity contribution in [3.63, 3.8) is 0 Å². The molecule has 0 aromatic carbocycles. The summed E-state index contributed by atoms with van der Waals surface area (Å²) >= 11 is 0. The van der Waals surface area contributed by atoms with Gasteiger partial charge in [0.25, 0.3) is 0 Å². The van der Waals surface area contributed by atoms with Crippen LogP contribution in [0.2, 0.25) is 0 Å². The predicted molar refractivity (Wildman–Crippen MR) is 65.2 cm³/mol. The van der Waals surface area contributed by atoms with Gasteiger partial charge in [0, 0.05) is 0 Å². The Morgan fingerprint density at radius 3 is 1.31 bits per heavy atom. The molecule has 0 amide bonds. The summed E-state index contributed by atoms with van der Waals surface area (Å²) in [6.07, 6.45) is 1.61. The molecule has 0 saturated carbocycles. The Labute approximate surface area is 134 Å². The van der Waals surface area contributed by atoms with E-state index in [2.05, 4.69) is 0 Å². The summed E-state index contributed by atoms with van der Waals surface area (Å²) in [5, 5.41) is 17.7. The molecule has 0 aromatic rings. The molecule has 0 aromatic heterocycles. The van der Waals surface area contributed by atoms with E-state index in [1.54, 1.807) is 27.7 Å². The fraction of sp³-hybridized carbons (Fsp3) is 0.818. The molecule has 0 spiro atoms. The second-order valence-corrected chi connectivity index (χ2v) is 5.23. The van der Waals surface area contributed by atoms with Crippen LogP contribution in [0.1, 0.15) is 47.0 Å². The van der Waals surface area contributed by atoms with Gasteiger partial charge in [0.1, 0.15) is 0 Å². The third-order valence-corrected chi connectivity index (χ3v) is 2.76. The van der Waals surface area contributed by atoms with Crippen molar-refractivity contribution in [2.45, 2.75) is 47.0 Å². The molecular weight excluding hydrogens is 284 g/mol. The Bertz CT molecular complexity index is 233. The predicted octanol–water partition coefficient (Wildman–Crippen LogP) is 1.46. The molecular formula is C11H22O4Sr. The first-order chi connectivity index (χ1) is 6.59. The van der Waals surface area contributed by atoms with Gasteiger partial charge in [0.05, 0.1) is 10.8 Å². The van der Waals surface area contributed by atoms with Gasteiger partial charge in [-0.05, 0) is 40.5 Å². The Balaban J connectivity index is 0. The van der Waals surface area contributed by atoms with E-state index in [0.717, 1.165) is 0 Å². The molecule has 16 heavy (non-hydrogen) atoms. The average Bonchev–Trinajstić information content (AvgIpc) is 2.02. The fourth-order valence-electron chi connectivity index (χ4n) is 1.19. The summed E-state index contributed by atoms with van der Waals surface area (Å²) in [5.74, 6) is -1.67. The summed E-state index contributed by atoms with van der Waals surface area (Å²) in [6, 6.07) is 0. The van der Waals surface area contributed by atoms with Crippen molar-refractivity contribution >= 4 is 57.4 Å². The first-order valence-corrected chi connectivity index (χ1v) is 5.06. The van der Waals surface area contributed by atoms with Crippen LogP contribution < -0.4 is 0 Å². The zero-order valence-electron chi connectivity index (χ0n) is 9.83. The molecule has 92 valence electrons. The quantitative estimate of drug-likeness (QED) is 0.729. The van der Waals surface area contributed by atoms with Crippen LogP contribution in [0.25, 0.3) is 0 Å². The van der Waals surface area contributed by atoms with Crippen LogP contribution in [-0.4, -0.2) is 67.6 Å². The maximum absolute atomic E-state index is 10.8. The van der Waals surface area contributed by atoms with Gasteiger partial charge in [-0.25, -0.2) is 0 Å². The number of carbonyl (C=O) groups is 2. The van der Waals surface area contributed by atoms with Crippen LogP contribution in [0, 0.1) is 10.8 Å². The van der Waals surface area contributed by atoms with Gasteiger partial charge < -0.3 is 10.2 Å². The van der Waals surface area contributed by atoms with E-state index in [0.29, 0.717) is 19.3 Å². The molecule has 2 N–H and O–H groups in total. The van der Waals surface area contributed by atoms with Crippen molar-refractivity contribution in [1.82, 2.24) is 0 Å². The maximum atomic E-state index is 10.8. The van der Waals surface area contributed by atoms with Crippen molar-refractivity contribution in [2.24, 2.45) is 10.8 Å². The summed E-state index contributed by atoms with van der Waals surface area (Å²) in [4.78, 5) is 21.6. The van der Waals surface area contributed by atoms with E-state index in [1.807, 2.05) is 0 Å². The SMILES string of the molecule is CC(C)(CCCC(C)(C)C(=O)O)C(=O)O.[SrH2]. The molecule has 0 unspecified atom stereocenters. The van der Waals surface area contributed by atoms with Gasteiger partial charge in [-0.2, -0.15) is 0 Å². The average molecular weight is 306 g/mol. The minimum absolute atomic E-state index is 0. The van der Waals surface area contributed by atoms with Gasteiger partial charge in [-0.3, -0.25) is 9.59 Å². The number of carboxylic acids is 2. The number of rotatable bonds is 6. The van der Waals surface area contributed by atoms with E-state index in [9.17, 15) is 9.59 Å². The van der Waals surface area contributed by atoms with Crippen LogP contribution in [0.15, 0.2) is 0 Å². The summed E-state index contributed by atoms with van der Waals surface area (Å²) in [7, 11) is 0. The third-order valence-electron chi connectivity index (χ3n) is 2.76. The van der Waals surface area contributed by atoms with E-state index in [4.69, 9.17) is 10.2 Å². The van der Waals surface area contributed by atoms with E-state index >= 15 is 0 Å². The Morgan fingerprint density at radius 1 is 0.875 bits per heavy atom. The number of carboxylic acid groups (broad SMARTS) is 2. The monoisotopic (exact) mass is 306 g/mol. The standard InChI is InChI=1S/C11H20O4.Sr.2H/c1-10(2,8(12)13)6-5-7-11(3,4)9(14)15;;;/h5-7H2,1-4H3,(H,12,13)(H,14,15);;;. The molecule has 0 radical (unpaired) electrons. The topological polar surface area (TPSA) is 74.6 Å². The van der Waals surface area contributed by atoms with Crippen molar-refractivity contribution in [3.05, 3.63) is 0 Å². The molecule has 0 atom stereocenters. The van der Waals surface area contributed by atoms with E-state index < -0.39 is 22.8 Å². The molecule has 0 bridgehead atoms. The van der Waals surface area contributed by atoms with Crippen LogP contribution in [-0.2, 0) is 9.59 Å². The molecule has 0 fully saturated rings. The van der Waals surface area contributed by atoms with E-state index in [-0.39, 0.29) is 45.5 Å². The van der Waals surface area contributed by atoms with Gasteiger partial charge in [0.15, 0.2) is 0 Å². The second-order valence-electron chi connectivity index (χ2n) is 5.23. The second kappa shape index (κ2) is 6.99. The molecule has 0 aliphatic rings. The number of aliphatic carboxylic acids is 2.